The summed E-state index contributed by atoms with van der Waals surface area (Å²) in [5, 5.41) is 2.16. The average molecular weight is 379 g/mol. The number of allylic oxidation sites excluding steroid dienone is 1. The Morgan fingerprint density at radius 3 is 2.42 bits per heavy atom. The van der Waals surface area contributed by atoms with Crippen LogP contribution >= 0.6 is 34.8 Å². The summed E-state index contributed by atoms with van der Waals surface area (Å²) < 4.78 is 0. The molecule has 3 nitrogen and oxygen atoms in total. The lowest BCUT2D eigenvalue weighted by molar-refractivity contribution is 0.104. The number of nitrogens with one attached hydrogen (secondary N) is 1. The third kappa shape index (κ3) is 3.54. The van der Waals surface area contributed by atoms with Crippen LogP contribution in [0.25, 0.3) is 17.0 Å². The van der Waals surface area contributed by atoms with E-state index in [9.17, 15) is 9.59 Å². The Bertz CT molecular complexity index is 1040. The van der Waals surface area contributed by atoms with Crippen molar-refractivity contribution < 1.29 is 4.79 Å². The number of carbonyl (C=O) groups excluding carboxylic acids is 1. The molecule has 24 heavy (non-hydrogen) atoms. The van der Waals surface area contributed by atoms with Crippen LogP contribution in [0.3, 0.4) is 0 Å². The van der Waals surface area contributed by atoms with Crippen molar-refractivity contribution in [3.05, 3.63) is 85.1 Å². The molecule has 0 unspecified atom stereocenters. The van der Waals surface area contributed by atoms with Gasteiger partial charge >= 0.3 is 0 Å². The second-order valence-electron chi connectivity index (χ2n) is 5.11. The quantitative estimate of drug-likeness (QED) is 0.491. The van der Waals surface area contributed by atoms with Gasteiger partial charge in [-0.2, -0.15) is 0 Å². The molecule has 0 aliphatic rings. The number of aromatic nitrogens is 1. The maximum atomic E-state index is 12.3. The van der Waals surface area contributed by atoms with E-state index < -0.39 is 11.3 Å². The van der Waals surface area contributed by atoms with Crippen molar-refractivity contribution in [2.24, 2.45) is 0 Å². The van der Waals surface area contributed by atoms with E-state index >= 15 is 0 Å². The molecule has 3 rings (SSSR count). The molecule has 0 fully saturated rings. The van der Waals surface area contributed by atoms with Crippen molar-refractivity contribution in [3.8, 4) is 0 Å². The van der Waals surface area contributed by atoms with E-state index in [1.54, 1.807) is 48.5 Å². The van der Waals surface area contributed by atoms with Gasteiger partial charge in [0, 0.05) is 20.6 Å². The minimum absolute atomic E-state index is 0.0474. The highest BCUT2D eigenvalue weighted by molar-refractivity contribution is 6.35. The first kappa shape index (κ1) is 16.8. The standard InChI is InChI=1S/C18H10Cl3NO2/c19-12-4-1-10(15(21)8-12)3-6-17(23)14-7-11-2-5-13(20)9-16(11)22-18(14)24/h1-9H,(H,22,24)/b6-3+. The molecule has 0 aliphatic heterocycles. The Kier molecular flexibility index (Phi) is 4.76. The SMILES string of the molecule is O=C(/C=C/c1ccc(Cl)cc1Cl)c1cc2ccc(Cl)cc2[nH]c1=O. The van der Waals surface area contributed by atoms with Gasteiger partial charge < -0.3 is 4.98 Å². The van der Waals surface area contributed by atoms with Gasteiger partial charge in [0.1, 0.15) is 0 Å². The number of hydrogen-bond acceptors (Lipinski definition) is 2. The van der Waals surface area contributed by atoms with Gasteiger partial charge in [-0.25, -0.2) is 0 Å². The summed E-state index contributed by atoms with van der Waals surface area (Å²) in [6.45, 7) is 0. The fourth-order valence-electron chi connectivity index (χ4n) is 2.25. The number of rotatable bonds is 3. The molecule has 1 N–H and O–H groups in total. The highest BCUT2D eigenvalue weighted by Crippen LogP contribution is 2.22. The van der Waals surface area contributed by atoms with Crippen LogP contribution in [-0.2, 0) is 0 Å². The summed E-state index contributed by atoms with van der Waals surface area (Å²) in [5.41, 5.74) is 0.792. The third-order valence-electron chi connectivity index (χ3n) is 3.45. The van der Waals surface area contributed by atoms with Crippen molar-refractivity contribution in [2.45, 2.75) is 0 Å². The van der Waals surface area contributed by atoms with E-state index in [1.165, 1.54) is 6.08 Å². The van der Waals surface area contributed by atoms with Crippen LogP contribution in [0.15, 0.2) is 53.3 Å². The molecule has 0 atom stereocenters. The Morgan fingerprint density at radius 1 is 0.958 bits per heavy atom. The van der Waals surface area contributed by atoms with Crippen LogP contribution in [0.2, 0.25) is 15.1 Å². The number of halogens is 3. The molecular formula is C18H10Cl3NO2. The van der Waals surface area contributed by atoms with Gasteiger partial charge in [-0.05, 0) is 53.4 Å². The molecule has 0 aliphatic carbocycles. The number of H-pyrrole nitrogens is 1. The summed E-state index contributed by atoms with van der Waals surface area (Å²) in [4.78, 5) is 27.1. The highest BCUT2D eigenvalue weighted by atomic mass is 35.5. The molecule has 1 heterocycles. The highest BCUT2D eigenvalue weighted by Gasteiger charge is 2.10. The van der Waals surface area contributed by atoms with Crippen LogP contribution in [0.1, 0.15) is 15.9 Å². The summed E-state index contributed by atoms with van der Waals surface area (Å²) >= 11 is 17.8. The molecule has 6 heteroatoms. The van der Waals surface area contributed by atoms with E-state index in [-0.39, 0.29) is 5.56 Å². The monoisotopic (exact) mass is 377 g/mol. The summed E-state index contributed by atoms with van der Waals surface area (Å²) in [7, 11) is 0. The van der Waals surface area contributed by atoms with E-state index in [2.05, 4.69) is 4.98 Å². The van der Waals surface area contributed by atoms with Gasteiger partial charge in [0.2, 0.25) is 0 Å². The molecule has 0 bridgehead atoms. The Hall–Kier alpha value is -2.07. The first-order chi connectivity index (χ1) is 11.4. The maximum absolute atomic E-state index is 12.3. The zero-order valence-corrected chi connectivity index (χ0v) is 14.4. The fraction of sp³-hybridized carbons (Fsp3) is 0. The zero-order chi connectivity index (χ0) is 17.3. The number of pyridine rings is 1. The van der Waals surface area contributed by atoms with Crippen molar-refractivity contribution in [1.29, 1.82) is 0 Å². The minimum Gasteiger partial charge on any atom is -0.321 e. The Balaban J connectivity index is 1.96. The zero-order valence-electron chi connectivity index (χ0n) is 12.1. The lowest BCUT2D eigenvalue weighted by Gasteiger charge is -2.02. The van der Waals surface area contributed by atoms with Gasteiger partial charge in [-0.1, -0.05) is 46.9 Å². The molecule has 0 radical (unpaired) electrons. The smallest absolute Gasteiger partial charge is 0.259 e. The molecule has 2 aromatic carbocycles. The van der Waals surface area contributed by atoms with Gasteiger partial charge in [-0.3, -0.25) is 9.59 Å². The van der Waals surface area contributed by atoms with Crippen LogP contribution in [0.5, 0.6) is 0 Å². The van der Waals surface area contributed by atoms with Crippen molar-refractivity contribution >= 4 is 57.6 Å². The van der Waals surface area contributed by atoms with Gasteiger partial charge in [0.25, 0.3) is 5.56 Å². The summed E-state index contributed by atoms with van der Waals surface area (Å²) in [6.07, 6.45) is 2.86. The predicted molar refractivity (Wildman–Crippen MR) is 99.4 cm³/mol. The van der Waals surface area contributed by atoms with E-state index in [0.717, 1.165) is 5.39 Å². The van der Waals surface area contributed by atoms with Crippen molar-refractivity contribution in [1.82, 2.24) is 4.98 Å². The lowest BCUT2D eigenvalue weighted by atomic mass is 10.1. The van der Waals surface area contributed by atoms with E-state index in [4.69, 9.17) is 34.8 Å². The summed E-state index contributed by atoms with van der Waals surface area (Å²) in [6, 6.07) is 11.6. The number of hydrogen-bond donors (Lipinski definition) is 1. The number of benzene rings is 2. The molecule has 0 saturated carbocycles. The predicted octanol–water partition coefficient (Wildman–Crippen LogP) is 5.38. The maximum Gasteiger partial charge on any atom is 0.259 e. The van der Waals surface area contributed by atoms with Gasteiger partial charge in [-0.15, -0.1) is 0 Å². The topological polar surface area (TPSA) is 49.9 Å². The molecule has 120 valence electrons. The van der Waals surface area contributed by atoms with Crippen molar-refractivity contribution in [2.75, 3.05) is 0 Å². The Morgan fingerprint density at radius 2 is 1.67 bits per heavy atom. The average Bonchev–Trinajstić information content (AvgIpc) is 2.53. The Labute approximate surface area is 152 Å². The van der Waals surface area contributed by atoms with Crippen LogP contribution in [0, 0.1) is 0 Å². The largest absolute Gasteiger partial charge is 0.321 e. The van der Waals surface area contributed by atoms with Gasteiger partial charge in [0.15, 0.2) is 5.78 Å². The number of fused-ring (bicyclic) bond motifs is 1. The molecular weight excluding hydrogens is 369 g/mol. The fourth-order valence-corrected chi connectivity index (χ4v) is 2.89. The van der Waals surface area contributed by atoms with E-state index in [1.807, 2.05) is 0 Å². The second kappa shape index (κ2) is 6.81. The van der Waals surface area contributed by atoms with E-state index in [0.29, 0.717) is 26.1 Å². The summed E-state index contributed by atoms with van der Waals surface area (Å²) in [5.74, 6) is -0.417. The second-order valence-corrected chi connectivity index (χ2v) is 6.39. The minimum atomic E-state index is -0.471. The van der Waals surface area contributed by atoms with Crippen LogP contribution < -0.4 is 5.56 Å². The first-order valence-corrected chi connectivity index (χ1v) is 8.07. The lowest BCUT2D eigenvalue weighted by Crippen LogP contribution is -2.16. The molecule has 1 aromatic heterocycles. The van der Waals surface area contributed by atoms with Gasteiger partial charge in [0.05, 0.1) is 5.56 Å². The molecule has 0 saturated heterocycles. The molecule has 3 aromatic rings. The first-order valence-electron chi connectivity index (χ1n) is 6.94. The third-order valence-corrected chi connectivity index (χ3v) is 4.25. The molecule has 0 amide bonds. The normalized spacial score (nSPS) is 11.3. The molecule has 0 spiro atoms. The number of ketones is 1. The van der Waals surface area contributed by atoms with Crippen molar-refractivity contribution in [3.63, 3.8) is 0 Å². The van der Waals surface area contributed by atoms with Crippen LogP contribution in [0.4, 0.5) is 0 Å². The number of carbonyl (C=O) groups is 1. The number of aromatic amines is 1. The van der Waals surface area contributed by atoms with Crippen LogP contribution in [-0.4, -0.2) is 10.8 Å².